The normalized spacial score (nSPS) is 19.4. The van der Waals surface area contributed by atoms with E-state index in [0.29, 0.717) is 12.1 Å². The first-order valence-electron chi connectivity index (χ1n) is 11.6. The Morgan fingerprint density at radius 2 is 1.45 bits per heavy atom. The van der Waals surface area contributed by atoms with Crippen LogP contribution in [0.2, 0.25) is 0 Å². The number of ether oxygens (including phenoxy) is 1. The number of halogens is 9. The standard InChI is InChI=1S/C25H25F9N2O2/c1-4-17-11-19(21(35)13-7-15(24(29,30)31)9-16(8-13)25(32,33)34)18-10-14(23(26,27)28)5-6-20(18)36(17)22(37)38-12(2)3/h5-10,12,17,19,21H,4,11,35H2,1-3H3/t17-,19+,21?/m1/s1. The van der Waals surface area contributed by atoms with Crippen molar-refractivity contribution in [3.8, 4) is 0 Å². The number of amides is 1. The monoisotopic (exact) mass is 556 g/mol. The van der Waals surface area contributed by atoms with E-state index in [9.17, 15) is 44.3 Å². The molecular weight excluding hydrogens is 531 g/mol. The van der Waals surface area contributed by atoms with Gasteiger partial charge in [-0.15, -0.1) is 0 Å². The van der Waals surface area contributed by atoms with Crippen LogP contribution in [0.5, 0.6) is 0 Å². The zero-order chi connectivity index (χ0) is 28.8. The molecule has 0 radical (unpaired) electrons. The van der Waals surface area contributed by atoms with E-state index < -0.39 is 71.0 Å². The molecule has 2 N–H and O–H groups in total. The number of anilines is 1. The molecule has 1 aliphatic rings. The van der Waals surface area contributed by atoms with Crippen LogP contribution >= 0.6 is 0 Å². The molecule has 3 atom stereocenters. The van der Waals surface area contributed by atoms with Gasteiger partial charge in [-0.3, -0.25) is 4.90 Å². The van der Waals surface area contributed by atoms with Gasteiger partial charge >= 0.3 is 24.6 Å². The van der Waals surface area contributed by atoms with Crippen molar-refractivity contribution in [1.82, 2.24) is 0 Å². The molecule has 0 fully saturated rings. The van der Waals surface area contributed by atoms with Gasteiger partial charge in [-0.1, -0.05) is 6.92 Å². The van der Waals surface area contributed by atoms with Crippen molar-refractivity contribution in [3.63, 3.8) is 0 Å². The van der Waals surface area contributed by atoms with Crippen molar-refractivity contribution in [1.29, 1.82) is 0 Å². The number of fused-ring (bicyclic) bond motifs is 1. The molecule has 3 rings (SSSR count). The Bertz CT molecular complexity index is 1140. The number of carbonyl (C=O) groups excluding carboxylic acids is 1. The lowest BCUT2D eigenvalue weighted by Gasteiger charge is -2.42. The summed E-state index contributed by atoms with van der Waals surface area (Å²) in [5.74, 6) is -1.15. The van der Waals surface area contributed by atoms with Crippen molar-refractivity contribution < 1.29 is 49.0 Å². The lowest BCUT2D eigenvalue weighted by atomic mass is 9.77. The van der Waals surface area contributed by atoms with Gasteiger partial charge in [-0.25, -0.2) is 4.79 Å². The first kappa shape index (κ1) is 29.6. The van der Waals surface area contributed by atoms with Gasteiger partial charge in [0.2, 0.25) is 0 Å². The van der Waals surface area contributed by atoms with Crippen molar-refractivity contribution in [3.05, 3.63) is 64.2 Å². The zero-order valence-corrected chi connectivity index (χ0v) is 20.4. The number of benzene rings is 2. The largest absolute Gasteiger partial charge is 0.446 e. The highest BCUT2D eigenvalue weighted by Gasteiger charge is 2.43. The van der Waals surface area contributed by atoms with Gasteiger partial charge in [0.1, 0.15) is 0 Å². The first-order chi connectivity index (χ1) is 17.3. The van der Waals surface area contributed by atoms with Gasteiger partial charge in [0.15, 0.2) is 0 Å². The summed E-state index contributed by atoms with van der Waals surface area (Å²) < 4.78 is 127. The van der Waals surface area contributed by atoms with Crippen LogP contribution in [-0.4, -0.2) is 18.2 Å². The molecule has 0 saturated carbocycles. The molecule has 2 aromatic rings. The molecule has 4 nitrogen and oxygen atoms in total. The van der Waals surface area contributed by atoms with E-state index >= 15 is 0 Å². The Hall–Kier alpha value is -2.96. The molecular formula is C25H25F9N2O2. The van der Waals surface area contributed by atoms with Crippen LogP contribution in [0.15, 0.2) is 36.4 Å². The highest BCUT2D eigenvalue weighted by Crippen LogP contribution is 2.48. The summed E-state index contributed by atoms with van der Waals surface area (Å²) in [6.45, 7) is 4.81. The summed E-state index contributed by atoms with van der Waals surface area (Å²) in [5.41, 5.74) is 1.25. The second-order valence-electron chi connectivity index (χ2n) is 9.34. The molecule has 1 heterocycles. The summed E-state index contributed by atoms with van der Waals surface area (Å²) in [7, 11) is 0. The SMILES string of the molecule is CC[C@@H]1C[C@H](C(N)c2cc(C(F)(F)F)cc(C(F)(F)F)c2)c2cc(C(F)(F)F)ccc2N1C(=O)OC(C)C. The molecule has 0 saturated heterocycles. The highest BCUT2D eigenvalue weighted by molar-refractivity contribution is 5.90. The maximum atomic E-state index is 13.6. The number of carbonyl (C=O) groups is 1. The Kier molecular flexibility index (Phi) is 8.03. The summed E-state index contributed by atoms with van der Waals surface area (Å²) in [4.78, 5) is 14.0. The maximum Gasteiger partial charge on any atom is 0.416 e. The minimum absolute atomic E-state index is 0.00905. The van der Waals surface area contributed by atoms with Crippen LogP contribution in [0.4, 0.5) is 50.0 Å². The van der Waals surface area contributed by atoms with Gasteiger partial charge in [0.25, 0.3) is 0 Å². The Labute approximate surface area is 212 Å². The fraction of sp³-hybridized carbons (Fsp3) is 0.480. The van der Waals surface area contributed by atoms with Crippen molar-refractivity contribution in [2.75, 3.05) is 4.90 Å². The second kappa shape index (κ2) is 10.3. The lowest BCUT2D eigenvalue weighted by Crippen LogP contribution is -2.47. The number of alkyl halides is 9. The molecule has 2 aromatic carbocycles. The molecule has 38 heavy (non-hydrogen) atoms. The molecule has 0 aliphatic carbocycles. The third-order valence-electron chi connectivity index (χ3n) is 6.34. The first-order valence-corrected chi connectivity index (χ1v) is 11.6. The summed E-state index contributed by atoms with van der Waals surface area (Å²) in [6, 6.07) is 1.12. The minimum Gasteiger partial charge on any atom is -0.446 e. The molecule has 13 heteroatoms. The predicted molar refractivity (Wildman–Crippen MR) is 120 cm³/mol. The minimum atomic E-state index is -5.13. The molecule has 0 bridgehead atoms. The van der Waals surface area contributed by atoms with Crippen LogP contribution in [0.25, 0.3) is 0 Å². The average Bonchev–Trinajstić information content (AvgIpc) is 2.79. The second-order valence-corrected chi connectivity index (χ2v) is 9.34. The molecule has 210 valence electrons. The molecule has 1 amide bonds. The topological polar surface area (TPSA) is 55.6 Å². The van der Waals surface area contributed by atoms with Crippen molar-refractivity contribution in [2.24, 2.45) is 5.73 Å². The van der Waals surface area contributed by atoms with E-state index in [0.717, 1.165) is 23.1 Å². The number of nitrogens with zero attached hydrogens (tertiary/aromatic N) is 1. The van der Waals surface area contributed by atoms with E-state index in [1.807, 2.05) is 0 Å². The van der Waals surface area contributed by atoms with Crippen molar-refractivity contribution >= 4 is 11.8 Å². The smallest absolute Gasteiger partial charge is 0.416 e. The highest BCUT2D eigenvalue weighted by atomic mass is 19.4. The van der Waals surface area contributed by atoms with E-state index in [4.69, 9.17) is 10.5 Å². The van der Waals surface area contributed by atoms with E-state index in [2.05, 4.69) is 0 Å². The van der Waals surface area contributed by atoms with Gasteiger partial charge in [-0.05, 0) is 74.2 Å². The van der Waals surface area contributed by atoms with Crippen LogP contribution < -0.4 is 10.6 Å². The average molecular weight is 556 g/mol. The zero-order valence-electron chi connectivity index (χ0n) is 20.4. The number of hydrogen-bond acceptors (Lipinski definition) is 3. The lowest BCUT2D eigenvalue weighted by molar-refractivity contribution is -0.143. The fourth-order valence-electron chi connectivity index (χ4n) is 4.57. The predicted octanol–water partition coefficient (Wildman–Crippen LogP) is 8.06. The van der Waals surface area contributed by atoms with Crippen LogP contribution in [0, 0.1) is 0 Å². The number of nitrogens with two attached hydrogens (primary N) is 1. The van der Waals surface area contributed by atoms with Gasteiger partial charge in [0.05, 0.1) is 28.5 Å². The molecule has 1 aliphatic heterocycles. The Balaban J connectivity index is 2.22. The van der Waals surface area contributed by atoms with E-state index in [1.54, 1.807) is 20.8 Å². The van der Waals surface area contributed by atoms with E-state index in [-0.39, 0.29) is 30.2 Å². The van der Waals surface area contributed by atoms with Gasteiger partial charge in [0, 0.05) is 18.0 Å². The summed E-state index contributed by atoms with van der Waals surface area (Å²) >= 11 is 0. The maximum absolute atomic E-state index is 13.6. The number of rotatable bonds is 4. The number of hydrogen-bond donors (Lipinski definition) is 1. The Morgan fingerprint density at radius 3 is 1.89 bits per heavy atom. The third kappa shape index (κ3) is 6.19. The summed E-state index contributed by atoms with van der Waals surface area (Å²) in [6.07, 6.45) is -16.4. The van der Waals surface area contributed by atoms with Gasteiger partial charge in [-0.2, -0.15) is 39.5 Å². The molecule has 0 spiro atoms. The third-order valence-corrected chi connectivity index (χ3v) is 6.34. The quantitative estimate of drug-likeness (QED) is 0.388. The van der Waals surface area contributed by atoms with Crippen LogP contribution in [0.3, 0.4) is 0 Å². The van der Waals surface area contributed by atoms with Crippen molar-refractivity contribution in [2.45, 2.75) is 76.2 Å². The van der Waals surface area contributed by atoms with Gasteiger partial charge < -0.3 is 10.5 Å². The molecule has 0 aromatic heterocycles. The Morgan fingerprint density at radius 1 is 0.921 bits per heavy atom. The van der Waals surface area contributed by atoms with Crippen LogP contribution in [-0.2, 0) is 23.3 Å². The summed E-state index contributed by atoms with van der Waals surface area (Å²) in [5, 5.41) is 0. The molecule has 1 unspecified atom stereocenters. The van der Waals surface area contributed by atoms with Crippen LogP contribution in [0.1, 0.15) is 73.4 Å². The fourth-order valence-corrected chi connectivity index (χ4v) is 4.57. The van der Waals surface area contributed by atoms with E-state index in [1.165, 1.54) is 0 Å².